The van der Waals surface area contributed by atoms with E-state index in [4.69, 9.17) is 4.55 Å². The molecule has 1 N–H and O–H groups in total. The molecule has 0 aromatic heterocycles. The second kappa shape index (κ2) is 11.3. The molecule has 0 saturated carbocycles. The quantitative estimate of drug-likeness (QED) is 0.229. The summed E-state index contributed by atoms with van der Waals surface area (Å²) in [5.74, 6) is -14.7. The minimum Gasteiger partial charge on any atom is -0.281 e. The fourth-order valence-corrected chi connectivity index (χ4v) is 15.0. The van der Waals surface area contributed by atoms with Gasteiger partial charge in [0.2, 0.25) is 0 Å². The number of benzene rings is 3. The second-order valence-electron chi connectivity index (χ2n) is 7.02. The van der Waals surface area contributed by atoms with E-state index in [1.165, 1.54) is 10.7 Å². The predicted octanol–water partition coefficient (Wildman–Crippen LogP) is 4.41. The van der Waals surface area contributed by atoms with Crippen LogP contribution in [0, 0.1) is 10.7 Å². The number of hydrogen-bond acceptors (Lipinski definition) is 2. The molecule has 0 radical (unpaired) electrons. The van der Waals surface area contributed by atoms with E-state index in [1.807, 2.05) is 0 Å². The van der Waals surface area contributed by atoms with Crippen molar-refractivity contribution in [2.45, 2.75) is 23.3 Å². The third kappa shape index (κ3) is 6.19. The van der Waals surface area contributed by atoms with Crippen LogP contribution in [0.25, 0.3) is 0 Å². The summed E-state index contributed by atoms with van der Waals surface area (Å²) in [5.41, 5.74) is 0. The molecule has 0 unspecified atom stereocenters. The fourth-order valence-electron chi connectivity index (χ4n) is 2.67. The number of hydrogen-bond donors (Lipinski definition) is 1. The first-order valence-electron chi connectivity index (χ1n) is 9.61. The first-order valence-corrected chi connectivity index (χ1v) is 20.6. The number of halogens is 11. The van der Waals surface area contributed by atoms with E-state index in [9.17, 15) is 47.9 Å². The van der Waals surface area contributed by atoms with E-state index in [2.05, 4.69) is 110 Å². The van der Waals surface area contributed by atoms with Crippen LogP contribution >= 0.6 is 18.6 Å². The van der Waals surface area contributed by atoms with E-state index in [0.717, 1.165) is 0 Å². The molecule has 3 aromatic carbocycles. The number of rotatable bonds is 6. The molecule has 3 aromatic rings. The first-order chi connectivity index (χ1) is 16.8. The molecule has 3 nitrogen and oxygen atoms in total. The summed E-state index contributed by atoms with van der Waals surface area (Å²) < 4.78 is 138. The molecule has 0 aliphatic rings. The SMILES string of the molecule is I[I-](c1ccccc1)(c1ccccc1)c1ccccc1.O=S(=O)(O)C(F)(F)C(F)(F)C(F)(F)C(F)(F)F. The van der Waals surface area contributed by atoms with Gasteiger partial charge in [-0.3, -0.25) is 4.55 Å². The first kappa shape index (κ1) is 31.6. The summed E-state index contributed by atoms with van der Waals surface area (Å²) in [6, 6.07) is 32.9. The molecule has 0 fully saturated rings. The molecular weight excluding hydrogens is 769 g/mol. The molecule has 206 valence electrons. The van der Waals surface area contributed by atoms with Gasteiger partial charge in [0, 0.05) is 0 Å². The smallest absolute Gasteiger partial charge is 0.281 e. The molecule has 0 saturated heterocycles. The van der Waals surface area contributed by atoms with Crippen molar-refractivity contribution in [3.05, 3.63) is 102 Å². The van der Waals surface area contributed by atoms with Gasteiger partial charge in [-0.25, -0.2) is 0 Å². The minimum atomic E-state index is -7.37. The van der Waals surface area contributed by atoms with Gasteiger partial charge in [0.1, 0.15) is 0 Å². The normalized spacial score (nSPS) is 13.9. The molecule has 3 rings (SSSR count). The van der Waals surface area contributed by atoms with Crippen LogP contribution in [0.2, 0.25) is 0 Å². The molecule has 0 amide bonds. The molecule has 0 heterocycles. The monoisotopic (exact) mass is 785 g/mol. The van der Waals surface area contributed by atoms with Crippen molar-refractivity contribution in [2.75, 3.05) is 0 Å². The standard InChI is InChI=1S/C18H15I2.C4HF9O3S/c19-20(16-10-4-1-5-11-16,17-12-6-2-7-13-17)18-14-8-3-9-15-18;5-1(6,3(9,10)11)2(7,8)4(12,13)17(14,15)16/h1-15H;(H,14,15,16)/q-1;. The van der Waals surface area contributed by atoms with E-state index < -0.39 is 47.9 Å². The van der Waals surface area contributed by atoms with Gasteiger partial charge in [-0.05, 0) is 0 Å². The zero-order chi connectivity index (χ0) is 28.3. The Balaban J connectivity index is 0.000000265. The van der Waals surface area contributed by atoms with Crippen LogP contribution in [0.15, 0.2) is 91.0 Å². The molecule has 0 bridgehead atoms. The van der Waals surface area contributed by atoms with Crippen molar-refractivity contribution in [3.63, 3.8) is 0 Å². The Morgan fingerprint density at radius 1 is 0.568 bits per heavy atom. The minimum absolute atomic E-state index is 1.48. The van der Waals surface area contributed by atoms with Crippen molar-refractivity contribution in [1.29, 1.82) is 0 Å². The molecule has 0 atom stereocenters. The zero-order valence-corrected chi connectivity index (χ0v) is 23.1. The second-order valence-corrected chi connectivity index (χ2v) is 23.3. The van der Waals surface area contributed by atoms with Crippen molar-refractivity contribution in [1.82, 2.24) is 0 Å². The molecule has 37 heavy (non-hydrogen) atoms. The van der Waals surface area contributed by atoms with Crippen molar-refractivity contribution < 1.29 is 66.9 Å². The Morgan fingerprint density at radius 2 is 0.838 bits per heavy atom. The van der Waals surface area contributed by atoms with Gasteiger partial charge in [0.15, 0.2) is 0 Å². The summed E-state index contributed by atoms with van der Waals surface area (Å²) in [5, 5.41) is -7.00. The Kier molecular flexibility index (Phi) is 9.61. The average Bonchev–Trinajstić information content (AvgIpc) is 2.84. The van der Waals surface area contributed by atoms with E-state index >= 15 is 0 Å². The van der Waals surface area contributed by atoms with Crippen molar-refractivity contribution in [3.8, 4) is 0 Å². The van der Waals surface area contributed by atoms with Gasteiger partial charge in [0.25, 0.3) is 0 Å². The van der Waals surface area contributed by atoms with E-state index in [0.29, 0.717) is 0 Å². The van der Waals surface area contributed by atoms with Gasteiger partial charge in [-0.2, -0.15) is 47.9 Å². The summed E-state index contributed by atoms with van der Waals surface area (Å²) >= 11 is 0.325. The Bertz CT molecular complexity index is 1180. The Labute approximate surface area is 219 Å². The van der Waals surface area contributed by atoms with Crippen molar-refractivity contribution in [2.24, 2.45) is 0 Å². The average molecular weight is 785 g/mol. The van der Waals surface area contributed by atoms with Crippen LogP contribution in [0.3, 0.4) is 0 Å². The maximum Gasteiger partial charge on any atom is 0.460 e. The molecule has 0 aliphatic heterocycles. The Morgan fingerprint density at radius 3 is 1.05 bits per heavy atom. The van der Waals surface area contributed by atoms with Crippen LogP contribution in [-0.4, -0.2) is 36.2 Å². The van der Waals surface area contributed by atoms with E-state index in [-0.39, 0.29) is 0 Å². The van der Waals surface area contributed by atoms with Crippen LogP contribution in [-0.2, 0) is 10.1 Å². The van der Waals surface area contributed by atoms with Crippen LogP contribution in [0.1, 0.15) is 0 Å². The van der Waals surface area contributed by atoms with Crippen molar-refractivity contribution >= 4 is 28.7 Å². The van der Waals surface area contributed by atoms with Gasteiger partial charge in [-0.1, -0.05) is 0 Å². The maximum atomic E-state index is 12.2. The molecule has 0 spiro atoms. The molecule has 0 aliphatic carbocycles. The zero-order valence-electron chi connectivity index (χ0n) is 18.0. The largest absolute Gasteiger partial charge is 0.460 e. The number of alkyl halides is 9. The third-order valence-corrected chi connectivity index (χ3v) is 22.2. The Hall–Kier alpha value is -1.60. The van der Waals surface area contributed by atoms with Crippen LogP contribution < -0.4 is 14.5 Å². The third-order valence-electron chi connectivity index (χ3n) is 4.54. The summed E-state index contributed by atoms with van der Waals surface area (Å²) in [6.45, 7) is 0. The molecular formula is C22H16F9I2O3S-. The van der Waals surface area contributed by atoms with Gasteiger partial charge >= 0.3 is 168 Å². The van der Waals surface area contributed by atoms with Crippen LogP contribution in [0.5, 0.6) is 0 Å². The maximum absolute atomic E-state index is 12.2. The van der Waals surface area contributed by atoms with Gasteiger partial charge in [-0.15, -0.1) is 0 Å². The summed E-state index contributed by atoms with van der Waals surface area (Å²) in [6.07, 6.45) is -7.13. The van der Waals surface area contributed by atoms with Gasteiger partial charge in [0.05, 0.1) is 0 Å². The van der Waals surface area contributed by atoms with E-state index in [1.54, 1.807) is 0 Å². The molecule has 15 heteroatoms. The summed E-state index contributed by atoms with van der Waals surface area (Å²) in [7, 11) is -7.17. The topological polar surface area (TPSA) is 54.4 Å². The van der Waals surface area contributed by atoms with Crippen LogP contribution in [0.4, 0.5) is 39.5 Å². The summed E-state index contributed by atoms with van der Waals surface area (Å²) in [4.78, 5) is 0. The predicted molar refractivity (Wildman–Crippen MR) is 122 cm³/mol. The van der Waals surface area contributed by atoms with Gasteiger partial charge < -0.3 is 0 Å². The fraction of sp³-hybridized carbons (Fsp3) is 0.182.